The molecule has 2 aromatic rings. The average Bonchev–Trinajstić information content (AvgIpc) is 2.20. The Bertz CT molecular complexity index is 490. The SMILES string of the molecule is Cc1ccc(-c2cncc[n+]2C)c(C)c1. The molecular weight excluding hydrogens is 184 g/mol. The molecule has 0 N–H and O–H groups in total. The van der Waals surface area contributed by atoms with E-state index in [0.29, 0.717) is 0 Å². The molecule has 0 bridgehead atoms. The smallest absolute Gasteiger partial charge is 0.231 e. The lowest BCUT2D eigenvalue weighted by Gasteiger charge is -2.04. The molecule has 15 heavy (non-hydrogen) atoms. The molecule has 1 aromatic heterocycles. The first-order chi connectivity index (χ1) is 7.18. The molecular formula is C13H15N2+. The Labute approximate surface area is 90.2 Å². The monoisotopic (exact) mass is 199 g/mol. The summed E-state index contributed by atoms with van der Waals surface area (Å²) in [5, 5.41) is 0. The number of hydrogen-bond acceptors (Lipinski definition) is 1. The Kier molecular flexibility index (Phi) is 2.50. The summed E-state index contributed by atoms with van der Waals surface area (Å²) in [5.41, 5.74) is 4.98. The van der Waals surface area contributed by atoms with Gasteiger partial charge in [-0.25, -0.2) is 0 Å². The Balaban J connectivity index is 2.60. The fourth-order valence-corrected chi connectivity index (χ4v) is 1.78. The Morgan fingerprint density at radius 2 is 2.00 bits per heavy atom. The first-order valence-electron chi connectivity index (χ1n) is 5.06. The number of nitrogens with zero attached hydrogens (tertiary/aromatic N) is 2. The highest BCUT2D eigenvalue weighted by atomic mass is 14.9. The molecule has 76 valence electrons. The molecule has 1 heterocycles. The fourth-order valence-electron chi connectivity index (χ4n) is 1.78. The van der Waals surface area contributed by atoms with E-state index >= 15 is 0 Å². The first-order valence-corrected chi connectivity index (χ1v) is 5.06. The van der Waals surface area contributed by atoms with Crippen LogP contribution in [0.3, 0.4) is 0 Å². The largest absolute Gasteiger partial charge is 0.252 e. The molecule has 1 aromatic carbocycles. The Morgan fingerprint density at radius 3 is 2.67 bits per heavy atom. The molecule has 0 aliphatic rings. The molecule has 0 saturated carbocycles. The molecule has 2 nitrogen and oxygen atoms in total. The third-order valence-electron chi connectivity index (χ3n) is 2.61. The van der Waals surface area contributed by atoms with Gasteiger partial charge in [-0.1, -0.05) is 17.7 Å². The number of hydrogen-bond donors (Lipinski definition) is 0. The lowest BCUT2D eigenvalue weighted by Crippen LogP contribution is -2.30. The van der Waals surface area contributed by atoms with E-state index in [0.717, 1.165) is 5.69 Å². The highest BCUT2D eigenvalue weighted by molar-refractivity contribution is 5.60. The van der Waals surface area contributed by atoms with Crippen LogP contribution in [0.2, 0.25) is 0 Å². The third-order valence-corrected chi connectivity index (χ3v) is 2.61. The van der Waals surface area contributed by atoms with E-state index < -0.39 is 0 Å². The molecule has 2 rings (SSSR count). The molecule has 0 amide bonds. The van der Waals surface area contributed by atoms with Crippen molar-refractivity contribution < 1.29 is 4.57 Å². The van der Waals surface area contributed by atoms with Crippen LogP contribution in [0.4, 0.5) is 0 Å². The van der Waals surface area contributed by atoms with Gasteiger partial charge in [0.1, 0.15) is 7.05 Å². The minimum Gasteiger partial charge on any atom is -0.252 e. The van der Waals surface area contributed by atoms with E-state index in [-0.39, 0.29) is 0 Å². The molecule has 0 aliphatic heterocycles. The molecule has 0 radical (unpaired) electrons. The van der Waals surface area contributed by atoms with Gasteiger partial charge < -0.3 is 0 Å². The van der Waals surface area contributed by atoms with Crippen molar-refractivity contribution in [3.05, 3.63) is 47.9 Å². The lowest BCUT2D eigenvalue weighted by molar-refractivity contribution is -0.660. The minimum absolute atomic E-state index is 1.15. The summed E-state index contributed by atoms with van der Waals surface area (Å²) < 4.78 is 2.09. The van der Waals surface area contributed by atoms with Crippen molar-refractivity contribution in [2.24, 2.45) is 7.05 Å². The maximum atomic E-state index is 4.16. The summed E-state index contributed by atoms with van der Waals surface area (Å²) in [6, 6.07) is 6.49. The molecule has 0 spiro atoms. The molecule has 0 aliphatic carbocycles. The summed E-state index contributed by atoms with van der Waals surface area (Å²) in [4.78, 5) is 4.16. The minimum atomic E-state index is 1.15. The summed E-state index contributed by atoms with van der Waals surface area (Å²) in [5.74, 6) is 0. The molecule has 0 unspecified atom stereocenters. The van der Waals surface area contributed by atoms with Crippen molar-refractivity contribution in [1.82, 2.24) is 4.98 Å². The van der Waals surface area contributed by atoms with Crippen LogP contribution in [0.5, 0.6) is 0 Å². The van der Waals surface area contributed by atoms with E-state index in [2.05, 4.69) is 41.6 Å². The zero-order valence-electron chi connectivity index (χ0n) is 9.36. The summed E-state index contributed by atoms with van der Waals surface area (Å²) in [6.45, 7) is 4.25. The predicted octanol–water partition coefficient (Wildman–Crippen LogP) is 2.19. The molecule has 0 fully saturated rings. The van der Waals surface area contributed by atoms with Crippen LogP contribution in [0.15, 0.2) is 36.8 Å². The van der Waals surface area contributed by atoms with Crippen molar-refractivity contribution in [2.75, 3.05) is 0 Å². The number of aromatic nitrogens is 2. The van der Waals surface area contributed by atoms with E-state index in [9.17, 15) is 0 Å². The van der Waals surface area contributed by atoms with Gasteiger partial charge in [0.05, 0.1) is 18.0 Å². The van der Waals surface area contributed by atoms with Crippen LogP contribution in [0, 0.1) is 13.8 Å². The van der Waals surface area contributed by atoms with E-state index in [1.165, 1.54) is 16.7 Å². The predicted molar refractivity (Wildman–Crippen MR) is 60.3 cm³/mol. The van der Waals surface area contributed by atoms with Gasteiger partial charge in [-0.05, 0) is 25.5 Å². The van der Waals surface area contributed by atoms with Crippen LogP contribution in [0.1, 0.15) is 11.1 Å². The van der Waals surface area contributed by atoms with Gasteiger partial charge in [0, 0.05) is 0 Å². The standard InChI is InChI=1S/C13H15N2/c1-10-4-5-12(11(2)8-10)13-9-14-6-7-15(13)3/h4-9H,1-3H3/q+1. The van der Waals surface area contributed by atoms with E-state index in [1.807, 2.05) is 19.4 Å². The lowest BCUT2D eigenvalue weighted by atomic mass is 10.0. The summed E-state index contributed by atoms with van der Waals surface area (Å²) in [7, 11) is 2.04. The average molecular weight is 199 g/mol. The van der Waals surface area contributed by atoms with Crippen molar-refractivity contribution >= 4 is 0 Å². The summed E-state index contributed by atoms with van der Waals surface area (Å²) >= 11 is 0. The highest BCUT2D eigenvalue weighted by Crippen LogP contribution is 2.19. The van der Waals surface area contributed by atoms with Crippen LogP contribution in [0.25, 0.3) is 11.3 Å². The second-order valence-electron chi connectivity index (χ2n) is 3.89. The first kappa shape index (κ1) is 9.84. The van der Waals surface area contributed by atoms with Crippen molar-refractivity contribution in [3.8, 4) is 11.3 Å². The van der Waals surface area contributed by atoms with Gasteiger partial charge >= 0.3 is 0 Å². The highest BCUT2D eigenvalue weighted by Gasteiger charge is 2.11. The van der Waals surface area contributed by atoms with Gasteiger partial charge in [-0.15, -0.1) is 0 Å². The van der Waals surface area contributed by atoms with Crippen molar-refractivity contribution in [2.45, 2.75) is 13.8 Å². The number of rotatable bonds is 1. The second-order valence-corrected chi connectivity index (χ2v) is 3.89. The van der Waals surface area contributed by atoms with Gasteiger partial charge in [-0.2, -0.15) is 4.57 Å². The van der Waals surface area contributed by atoms with E-state index in [1.54, 1.807) is 6.20 Å². The van der Waals surface area contributed by atoms with Crippen LogP contribution in [-0.4, -0.2) is 4.98 Å². The van der Waals surface area contributed by atoms with Gasteiger partial charge in [0.15, 0.2) is 6.20 Å². The van der Waals surface area contributed by atoms with Gasteiger partial charge in [0.2, 0.25) is 5.69 Å². The van der Waals surface area contributed by atoms with E-state index in [4.69, 9.17) is 0 Å². The number of aryl methyl sites for hydroxylation is 3. The maximum absolute atomic E-state index is 4.16. The van der Waals surface area contributed by atoms with Crippen LogP contribution >= 0.6 is 0 Å². The normalized spacial score (nSPS) is 10.3. The third kappa shape index (κ3) is 1.89. The Morgan fingerprint density at radius 1 is 1.20 bits per heavy atom. The van der Waals surface area contributed by atoms with Crippen molar-refractivity contribution in [3.63, 3.8) is 0 Å². The van der Waals surface area contributed by atoms with Gasteiger partial charge in [-0.3, -0.25) is 4.98 Å². The Hall–Kier alpha value is -1.70. The second kappa shape index (κ2) is 3.81. The fraction of sp³-hybridized carbons (Fsp3) is 0.231. The summed E-state index contributed by atoms with van der Waals surface area (Å²) in [6.07, 6.45) is 5.67. The molecule has 2 heteroatoms. The molecule has 0 saturated heterocycles. The molecule has 0 atom stereocenters. The zero-order chi connectivity index (χ0) is 10.8. The number of benzene rings is 1. The van der Waals surface area contributed by atoms with Gasteiger partial charge in [0.25, 0.3) is 0 Å². The van der Waals surface area contributed by atoms with Crippen LogP contribution < -0.4 is 4.57 Å². The van der Waals surface area contributed by atoms with Crippen molar-refractivity contribution in [1.29, 1.82) is 0 Å². The maximum Gasteiger partial charge on any atom is 0.231 e. The quantitative estimate of drug-likeness (QED) is 0.643. The zero-order valence-corrected chi connectivity index (χ0v) is 9.36. The van der Waals surface area contributed by atoms with Crippen LogP contribution in [-0.2, 0) is 7.05 Å². The topological polar surface area (TPSA) is 16.8 Å².